The Morgan fingerprint density at radius 2 is 1.71 bits per heavy atom. The Labute approximate surface area is 149 Å². The summed E-state index contributed by atoms with van der Waals surface area (Å²) in [5.41, 5.74) is 3.09. The van der Waals surface area contributed by atoms with Gasteiger partial charge in [-0.25, -0.2) is 0 Å². The smallest absolute Gasteiger partial charge is 0.260 e. The molecule has 2 atom stereocenters. The van der Waals surface area contributed by atoms with Crippen molar-refractivity contribution < 1.29 is 9.53 Å². The minimum atomic E-state index is -0.562. The average Bonchev–Trinajstić information content (AvgIpc) is 2.57. The van der Waals surface area contributed by atoms with Gasteiger partial charge in [0, 0.05) is 11.6 Å². The first-order chi connectivity index (χ1) is 11.4. The lowest BCUT2D eigenvalue weighted by molar-refractivity contribution is -0.127. The molecule has 0 aromatic heterocycles. The third-order valence-electron chi connectivity index (χ3n) is 4.04. The maximum atomic E-state index is 12.3. The van der Waals surface area contributed by atoms with Gasteiger partial charge in [-0.3, -0.25) is 4.79 Å². The van der Waals surface area contributed by atoms with Gasteiger partial charge in [0.05, 0.1) is 0 Å². The Kier molecular flexibility index (Phi) is 6.27. The second kappa shape index (κ2) is 8.20. The van der Waals surface area contributed by atoms with Gasteiger partial charge in [-0.2, -0.15) is 0 Å². The zero-order valence-electron chi connectivity index (χ0n) is 14.6. The molecule has 2 aromatic rings. The molecule has 0 aliphatic carbocycles. The van der Waals surface area contributed by atoms with Gasteiger partial charge in [0.25, 0.3) is 5.91 Å². The molecule has 0 heterocycles. The normalized spacial score (nSPS) is 13.2. The molecule has 0 bridgehead atoms. The molecular formula is C20H24ClNO2. The van der Waals surface area contributed by atoms with E-state index >= 15 is 0 Å². The third kappa shape index (κ3) is 4.75. The minimum Gasteiger partial charge on any atom is -0.481 e. The predicted molar refractivity (Wildman–Crippen MR) is 98.9 cm³/mol. The number of carbonyl (C=O) groups excluding carboxylic acids is 1. The monoisotopic (exact) mass is 345 g/mol. The number of benzene rings is 2. The molecule has 4 heteroatoms. The van der Waals surface area contributed by atoms with Crippen LogP contribution >= 0.6 is 11.6 Å². The maximum Gasteiger partial charge on any atom is 0.260 e. The molecule has 24 heavy (non-hydrogen) atoms. The van der Waals surface area contributed by atoms with Crippen LogP contribution in [0.25, 0.3) is 0 Å². The Morgan fingerprint density at radius 1 is 1.12 bits per heavy atom. The number of carbonyl (C=O) groups is 1. The summed E-state index contributed by atoms with van der Waals surface area (Å²) in [5, 5.41) is 3.68. The first kappa shape index (κ1) is 18.3. The van der Waals surface area contributed by atoms with Crippen LogP contribution in [-0.4, -0.2) is 18.6 Å². The fourth-order valence-electron chi connectivity index (χ4n) is 2.53. The number of hydrogen-bond acceptors (Lipinski definition) is 2. The SMILES string of the molecule is Cc1cc(O[C@H](C)C(=O)NC[C@@H](C)c2ccccc2)cc(C)c1Cl. The quantitative estimate of drug-likeness (QED) is 0.828. The summed E-state index contributed by atoms with van der Waals surface area (Å²) >= 11 is 6.16. The van der Waals surface area contributed by atoms with Crippen LogP contribution in [0.15, 0.2) is 42.5 Å². The van der Waals surface area contributed by atoms with Crippen molar-refractivity contribution >= 4 is 17.5 Å². The van der Waals surface area contributed by atoms with Gasteiger partial charge in [-0.1, -0.05) is 48.9 Å². The molecule has 0 aliphatic rings. The maximum absolute atomic E-state index is 12.3. The number of amides is 1. The van der Waals surface area contributed by atoms with Crippen LogP contribution in [0, 0.1) is 13.8 Å². The molecule has 0 fully saturated rings. The van der Waals surface area contributed by atoms with Gasteiger partial charge in [0.1, 0.15) is 5.75 Å². The van der Waals surface area contributed by atoms with E-state index in [9.17, 15) is 4.79 Å². The molecule has 0 saturated carbocycles. The Balaban J connectivity index is 1.90. The zero-order valence-corrected chi connectivity index (χ0v) is 15.4. The lowest BCUT2D eigenvalue weighted by Crippen LogP contribution is -2.38. The largest absolute Gasteiger partial charge is 0.481 e. The van der Waals surface area contributed by atoms with Crippen LogP contribution < -0.4 is 10.1 Å². The van der Waals surface area contributed by atoms with Crippen LogP contribution in [0.4, 0.5) is 0 Å². The molecule has 0 aliphatic heterocycles. The summed E-state index contributed by atoms with van der Waals surface area (Å²) in [5.74, 6) is 0.790. The number of nitrogens with one attached hydrogen (secondary N) is 1. The molecule has 2 rings (SSSR count). The van der Waals surface area contributed by atoms with Crippen molar-refractivity contribution in [3.8, 4) is 5.75 Å². The van der Waals surface area contributed by atoms with E-state index in [4.69, 9.17) is 16.3 Å². The summed E-state index contributed by atoms with van der Waals surface area (Å²) in [6.07, 6.45) is -0.562. The van der Waals surface area contributed by atoms with Crippen molar-refractivity contribution in [3.63, 3.8) is 0 Å². The van der Waals surface area contributed by atoms with E-state index in [1.807, 2.05) is 44.2 Å². The van der Waals surface area contributed by atoms with E-state index in [0.717, 1.165) is 16.1 Å². The highest BCUT2D eigenvalue weighted by atomic mass is 35.5. The summed E-state index contributed by atoms with van der Waals surface area (Å²) < 4.78 is 5.76. The Morgan fingerprint density at radius 3 is 2.29 bits per heavy atom. The van der Waals surface area contributed by atoms with Crippen LogP contribution in [0.5, 0.6) is 5.75 Å². The van der Waals surface area contributed by atoms with E-state index in [1.165, 1.54) is 5.56 Å². The van der Waals surface area contributed by atoms with Crippen molar-refractivity contribution in [1.29, 1.82) is 0 Å². The van der Waals surface area contributed by atoms with Crippen molar-refractivity contribution in [2.75, 3.05) is 6.54 Å². The zero-order chi connectivity index (χ0) is 17.7. The van der Waals surface area contributed by atoms with Crippen LogP contribution in [0.1, 0.15) is 36.5 Å². The van der Waals surface area contributed by atoms with Crippen molar-refractivity contribution in [3.05, 3.63) is 64.2 Å². The van der Waals surface area contributed by atoms with Crippen molar-refractivity contribution in [2.24, 2.45) is 0 Å². The molecule has 0 saturated heterocycles. The molecule has 2 aromatic carbocycles. The minimum absolute atomic E-state index is 0.122. The van der Waals surface area contributed by atoms with E-state index < -0.39 is 6.10 Å². The number of ether oxygens (including phenoxy) is 1. The van der Waals surface area contributed by atoms with Crippen LogP contribution in [0.3, 0.4) is 0 Å². The van der Waals surface area contributed by atoms with Gasteiger partial charge >= 0.3 is 0 Å². The van der Waals surface area contributed by atoms with E-state index in [1.54, 1.807) is 6.92 Å². The number of halogens is 1. The molecular weight excluding hydrogens is 322 g/mol. The topological polar surface area (TPSA) is 38.3 Å². The number of hydrogen-bond donors (Lipinski definition) is 1. The molecule has 1 N–H and O–H groups in total. The number of aryl methyl sites for hydroxylation is 2. The number of rotatable bonds is 6. The third-order valence-corrected chi connectivity index (χ3v) is 4.64. The molecule has 0 radical (unpaired) electrons. The van der Waals surface area contributed by atoms with Gasteiger partial charge in [-0.15, -0.1) is 0 Å². The molecule has 0 unspecified atom stereocenters. The second-order valence-corrected chi connectivity index (χ2v) is 6.57. The average molecular weight is 346 g/mol. The highest BCUT2D eigenvalue weighted by Crippen LogP contribution is 2.26. The van der Waals surface area contributed by atoms with Crippen molar-refractivity contribution in [2.45, 2.75) is 39.7 Å². The summed E-state index contributed by atoms with van der Waals surface area (Å²) in [7, 11) is 0. The van der Waals surface area contributed by atoms with E-state index in [0.29, 0.717) is 12.3 Å². The second-order valence-electron chi connectivity index (χ2n) is 6.19. The summed E-state index contributed by atoms with van der Waals surface area (Å²) in [6.45, 7) is 8.27. The van der Waals surface area contributed by atoms with Gasteiger partial charge in [0.15, 0.2) is 6.10 Å². The molecule has 0 spiro atoms. The van der Waals surface area contributed by atoms with Crippen LogP contribution in [-0.2, 0) is 4.79 Å². The van der Waals surface area contributed by atoms with Gasteiger partial charge in [-0.05, 0) is 55.5 Å². The Hall–Kier alpha value is -2.00. The van der Waals surface area contributed by atoms with Crippen molar-refractivity contribution in [1.82, 2.24) is 5.32 Å². The lowest BCUT2D eigenvalue weighted by atomic mass is 10.0. The van der Waals surface area contributed by atoms with E-state index in [-0.39, 0.29) is 11.8 Å². The fraction of sp³-hybridized carbons (Fsp3) is 0.350. The summed E-state index contributed by atoms with van der Waals surface area (Å²) in [4.78, 5) is 12.3. The van der Waals surface area contributed by atoms with Gasteiger partial charge < -0.3 is 10.1 Å². The first-order valence-corrected chi connectivity index (χ1v) is 8.52. The highest BCUT2D eigenvalue weighted by Gasteiger charge is 2.16. The lowest BCUT2D eigenvalue weighted by Gasteiger charge is -2.18. The molecule has 1 amide bonds. The fourth-order valence-corrected chi connectivity index (χ4v) is 2.64. The first-order valence-electron chi connectivity index (χ1n) is 8.14. The van der Waals surface area contributed by atoms with E-state index in [2.05, 4.69) is 24.4 Å². The van der Waals surface area contributed by atoms with Gasteiger partial charge in [0.2, 0.25) is 0 Å². The molecule has 128 valence electrons. The predicted octanol–water partition coefficient (Wildman–Crippen LogP) is 4.64. The standard InChI is InChI=1S/C20H24ClNO2/c1-13-10-18(11-14(2)19(13)21)24-16(4)20(23)22-12-15(3)17-8-6-5-7-9-17/h5-11,15-16H,12H2,1-4H3,(H,22,23)/t15-,16-/m1/s1. The molecule has 3 nitrogen and oxygen atoms in total. The van der Waals surface area contributed by atoms with Crippen LogP contribution in [0.2, 0.25) is 5.02 Å². The summed E-state index contributed by atoms with van der Waals surface area (Å²) in [6, 6.07) is 13.8. The Bertz CT molecular complexity index is 677. The highest BCUT2D eigenvalue weighted by molar-refractivity contribution is 6.32.